The molecule has 2 aliphatic rings. The molecule has 1 aromatic rings. The van der Waals surface area contributed by atoms with Crippen LogP contribution in [0.5, 0.6) is 5.88 Å². The highest BCUT2D eigenvalue weighted by Gasteiger charge is 2.46. The SMILES string of the molecule is CC(C)(C)CNC(=O)c1cnc(N2CC(F)(F)C2)c(OCC2CC2)n1. The lowest BCUT2D eigenvalue weighted by molar-refractivity contribution is -0.0270. The number of alkyl halides is 2. The van der Waals surface area contributed by atoms with Gasteiger partial charge < -0.3 is 15.0 Å². The van der Waals surface area contributed by atoms with Gasteiger partial charge in [-0.1, -0.05) is 20.8 Å². The van der Waals surface area contributed by atoms with Crippen molar-refractivity contribution in [3.8, 4) is 5.88 Å². The first-order valence-corrected chi connectivity index (χ1v) is 8.54. The number of carbonyl (C=O) groups is 1. The Morgan fingerprint density at radius 2 is 2.08 bits per heavy atom. The number of ether oxygens (including phenoxy) is 1. The quantitative estimate of drug-likeness (QED) is 0.850. The molecule has 3 rings (SSSR count). The average Bonchev–Trinajstić information content (AvgIpc) is 3.31. The molecule has 138 valence electrons. The zero-order valence-electron chi connectivity index (χ0n) is 14.8. The van der Waals surface area contributed by atoms with E-state index in [-0.39, 0.29) is 28.7 Å². The van der Waals surface area contributed by atoms with Crippen molar-refractivity contribution in [2.24, 2.45) is 11.3 Å². The molecule has 0 bridgehead atoms. The lowest BCUT2D eigenvalue weighted by atomic mass is 9.97. The van der Waals surface area contributed by atoms with E-state index in [9.17, 15) is 13.6 Å². The summed E-state index contributed by atoms with van der Waals surface area (Å²) in [5.74, 6) is -2.15. The number of carbonyl (C=O) groups excluding carboxylic acids is 1. The molecular formula is C17H24F2N4O2. The van der Waals surface area contributed by atoms with Gasteiger partial charge in [-0.25, -0.2) is 18.7 Å². The highest BCUT2D eigenvalue weighted by molar-refractivity contribution is 5.92. The third-order valence-corrected chi connectivity index (χ3v) is 4.03. The largest absolute Gasteiger partial charge is 0.475 e. The molecule has 1 saturated carbocycles. The fourth-order valence-corrected chi connectivity index (χ4v) is 2.37. The lowest BCUT2D eigenvalue weighted by Gasteiger charge is -2.39. The van der Waals surface area contributed by atoms with Gasteiger partial charge in [0.15, 0.2) is 11.5 Å². The Balaban J connectivity index is 1.73. The van der Waals surface area contributed by atoms with Crippen LogP contribution in [-0.4, -0.2) is 48.0 Å². The van der Waals surface area contributed by atoms with Crippen LogP contribution in [0.15, 0.2) is 6.20 Å². The van der Waals surface area contributed by atoms with Gasteiger partial charge in [-0.15, -0.1) is 0 Å². The van der Waals surface area contributed by atoms with E-state index in [1.165, 1.54) is 11.1 Å². The third kappa shape index (κ3) is 4.76. The Morgan fingerprint density at radius 3 is 2.64 bits per heavy atom. The van der Waals surface area contributed by atoms with Crippen molar-refractivity contribution in [3.05, 3.63) is 11.9 Å². The Morgan fingerprint density at radius 1 is 1.40 bits per heavy atom. The van der Waals surface area contributed by atoms with E-state index in [2.05, 4.69) is 15.3 Å². The Hall–Kier alpha value is -1.99. The van der Waals surface area contributed by atoms with E-state index < -0.39 is 19.0 Å². The minimum absolute atomic E-state index is 0.0580. The maximum Gasteiger partial charge on any atom is 0.282 e. The molecule has 0 aromatic carbocycles. The first kappa shape index (κ1) is 17.8. The van der Waals surface area contributed by atoms with Gasteiger partial charge in [0.2, 0.25) is 0 Å². The number of nitrogens with zero attached hydrogens (tertiary/aromatic N) is 3. The standard InChI is InChI=1S/C17H24F2N4O2/c1-16(2,3)8-21-14(24)12-6-20-13(23-9-17(18,19)10-23)15(22-12)25-7-11-4-5-11/h6,11H,4-5,7-10H2,1-3H3,(H,21,24). The smallest absolute Gasteiger partial charge is 0.282 e. The number of amides is 1. The average molecular weight is 354 g/mol. The maximum absolute atomic E-state index is 13.2. The number of anilines is 1. The van der Waals surface area contributed by atoms with Crippen molar-refractivity contribution in [1.82, 2.24) is 15.3 Å². The minimum atomic E-state index is -2.71. The molecule has 1 aliphatic heterocycles. The summed E-state index contributed by atoms with van der Waals surface area (Å²) in [6.45, 7) is 6.18. The molecule has 0 radical (unpaired) electrons. The van der Waals surface area contributed by atoms with Crippen LogP contribution < -0.4 is 15.0 Å². The third-order valence-electron chi connectivity index (χ3n) is 4.03. The van der Waals surface area contributed by atoms with Crippen molar-refractivity contribution in [3.63, 3.8) is 0 Å². The maximum atomic E-state index is 13.2. The zero-order valence-corrected chi connectivity index (χ0v) is 14.8. The van der Waals surface area contributed by atoms with Gasteiger partial charge in [0, 0.05) is 6.54 Å². The molecule has 1 aromatic heterocycles. The minimum Gasteiger partial charge on any atom is -0.475 e. The molecule has 1 aliphatic carbocycles. The Kier molecular flexibility index (Phi) is 4.55. The highest BCUT2D eigenvalue weighted by Crippen LogP contribution is 2.36. The molecule has 2 fully saturated rings. The van der Waals surface area contributed by atoms with Gasteiger partial charge in [0.05, 0.1) is 25.9 Å². The summed E-state index contributed by atoms with van der Waals surface area (Å²) in [5, 5.41) is 2.80. The van der Waals surface area contributed by atoms with Gasteiger partial charge >= 0.3 is 0 Å². The first-order chi connectivity index (χ1) is 11.6. The molecule has 1 amide bonds. The molecule has 1 saturated heterocycles. The van der Waals surface area contributed by atoms with Crippen LogP contribution in [0.4, 0.5) is 14.6 Å². The van der Waals surface area contributed by atoms with Gasteiger partial charge in [0.25, 0.3) is 17.7 Å². The van der Waals surface area contributed by atoms with Gasteiger partial charge in [-0.05, 0) is 24.2 Å². The van der Waals surface area contributed by atoms with E-state index in [4.69, 9.17) is 4.74 Å². The number of aromatic nitrogens is 2. The van der Waals surface area contributed by atoms with Crippen LogP contribution in [0.3, 0.4) is 0 Å². The van der Waals surface area contributed by atoms with E-state index in [1.807, 2.05) is 20.8 Å². The topological polar surface area (TPSA) is 67.4 Å². The Labute approximate surface area is 146 Å². The molecule has 25 heavy (non-hydrogen) atoms. The van der Waals surface area contributed by atoms with E-state index in [0.717, 1.165) is 12.8 Å². The second kappa shape index (κ2) is 6.38. The van der Waals surface area contributed by atoms with E-state index >= 15 is 0 Å². The number of rotatable bonds is 6. The molecule has 8 heteroatoms. The summed E-state index contributed by atoms with van der Waals surface area (Å²) in [5.41, 5.74) is 0.0726. The summed E-state index contributed by atoms with van der Waals surface area (Å²) < 4.78 is 32.0. The predicted octanol–water partition coefficient (Wildman–Crippen LogP) is 2.50. The van der Waals surface area contributed by atoms with Gasteiger partial charge in [-0.3, -0.25) is 4.79 Å². The predicted molar refractivity (Wildman–Crippen MR) is 89.2 cm³/mol. The van der Waals surface area contributed by atoms with E-state index in [0.29, 0.717) is 19.1 Å². The Bertz CT molecular complexity index is 649. The van der Waals surface area contributed by atoms with Crippen LogP contribution in [0.25, 0.3) is 0 Å². The van der Waals surface area contributed by atoms with Gasteiger partial charge in [-0.2, -0.15) is 0 Å². The van der Waals surface area contributed by atoms with Crippen molar-refractivity contribution in [1.29, 1.82) is 0 Å². The number of nitrogens with one attached hydrogen (secondary N) is 1. The first-order valence-electron chi connectivity index (χ1n) is 8.54. The fourth-order valence-electron chi connectivity index (χ4n) is 2.37. The summed E-state index contributed by atoms with van der Waals surface area (Å²) in [7, 11) is 0. The van der Waals surface area contributed by atoms with Crippen LogP contribution in [-0.2, 0) is 0 Å². The number of hydrogen-bond acceptors (Lipinski definition) is 5. The van der Waals surface area contributed by atoms with Crippen molar-refractivity contribution < 1.29 is 18.3 Å². The molecular weight excluding hydrogens is 330 g/mol. The zero-order chi connectivity index (χ0) is 18.2. The molecule has 1 N–H and O–H groups in total. The van der Waals surface area contributed by atoms with Crippen molar-refractivity contribution in [2.45, 2.75) is 39.5 Å². The second-order valence-corrected chi connectivity index (χ2v) is 8.09. The van der Waals surface area contributed by atoms with Gasteiger partial charge in [0.1, 0.15) is 0 Å². The molecule has 6 nitrogen and oxygen atoms in total. The normalized spacial score (nSPS) is 19.3. The molecule has 2 heterocycles. The molecule has 0 atom stereocenters. The van der Waals surface area contributed by atoms with Crippen molar-refractivity contribution >= 4 is 11.7 Å². The lowest BCUT2D eigenvalue weighted by Crippen LogP contribution is -2.56. The van der Waals surface area contributed by atoms with Crippen LogP contribution in [0.1, 0.15) is 44.1 Å². The van der Waals surface area contributed by atoms with Crippen LogP contribution in [0.2, 0.25) is 0 Å². The summed E-state index contributed by atoms with van der Waals surface area (Å²) >= 11 is 0. The molecule has 0 unspecified atom stereocenters. The number of halogens is 2. The number of hydrogen-bond donors (Lipinski definition) is 1. The second-order valence-electron chi connectivity index (χ2n) is 8.09. The monoisotopic (exact) mass is 354 g/mol. The summed E-state index contributed by atoms with van der Waals surface area (Å²) in [6.07, 6.45) is 3.50. The molecule has 0 spiro atoms. The summed E-state index contributed by atoms with van der Waals surface area (Å²) in [4.78, 5) is 22.1. The van der Waals surface area contributed by atoms with Crippen LogP contribution >= 0.6 is 0 Å². The summed E-state index contributed by atoms with van der Waals surface area (Å²) in [6, 6.07) is 0. The van der Waals surface area contributed by atoms with Crippen LogP contribution in [0, 0.1) is 11.3 Å². The highest BCUT2D eigenvalue weighted by atomic mass is 19.3. The van der Waals surface area contributed by atoms with Crippen molar-refractivity contribution in [2.75, 3.05) is 31.1 Å². The van der Waals surface area contributed by atoms with E-state index in [1.54, 1.807) is 0 Å². The fraction of sp³-hybridized carbons (Fsp3) is 0.706.